The van der Waals surface area contributed by atoms with Crippen LogP contribution < -0.4 is 0 Å². The van der Waals surface area contributed by atoms with Crippen LogP contribution in [0, 0.1) is 0 Å². The Kier molecular flexibility index (Phi) is 5.01. The van der Waals surface area contributed by atoms with E-state index in [4.69, 9.17) is 4.74 Å². The van der Waals surface area contributed by atoms with Crippen molar-refractivity contribution < 1.29 is 9.84 Å². The van der Waals surface area contributed by atoms with Crippen LogP contribution in [-0.2, 0) is 4.74 Å². The van der Waals surface area contributed by atoms with Crippen LogP contribution >= 0.6 is 15.9 Å². The zero-order valence-corrected chi connectivity index (χ0v) is 13.2. The lowest BCUT2D eigenvalue weighted by Crippen LogP contribution is -2.53. The topological polar surface area (TPSA) is 32.7 Å². The number of hydrogen-bond acceptors (Lipinski definition) is 3. The van der Waals surface area contributed by atoms with Gasteiger partial charge in [0.2, 0.25) is 0 Å². The lowest BCUT2D eigenvalue weighted by Gasteiger charge is -2.42. The summed E-state index contributed by atoms with van der Waals surface area (Å²) in [7, 11) is 0. The van der Waals surface area contributed by atoms with E-state index in [9.17, 15) is 5.11 Å². The Labute approximate surface area is 123 Å². The Morgan fingerprint density at radius 1 is 1.42 bits per heavy atom. The third-order valence-corrected chi connectivity index (χ3v) is 4.48. The van der Waals surface area contributed by atoms with Crippen molar-refractivity contribution in [3.8, 4) is 0 Å². The summed E-state index contributed by atoms with van der Waals surface area (Å²) in [5.74, 6) is 0. The van der Waals surface area contributed by atoms with Crippen LogP contribution in [0.15, 0.2) is 28.7 Å². The fourth-order valence-corrected chi connectivity index (χ4v) is 3.03. The molecule has 1 N–H and O–H groups in total. The van der Waals surface area contributed by atoms with Gasteiger partial charge >= 0.3 is 0 Å². The molecule has 3 nitrogen and oxygen atoms in total. The maximum absolute atomic E-state index is 10.3. The van der Waals surface area contributed by atoms with Gasteiger partial charge in [0.15, 0.2) is 0 Å². The summed E-state index contributed by atoms with van der Waals surface area (Å²) in [5.41, 5.74) is 1.03. The van der Waals surface area contributed by atoms with Crippen LogP contribution in [0.25, 0.3) is 0 Å². The molecule has 0 spiro atoms. The van der Waals surface area contributed by atoms with E-state index in [1.807, 2.05) is 24.3 Å². The van der Waals surface area contributed by atoms with Gasteiger partial charge in [-0.15, -0.1) is 0 Å². The molecule has 2 rings (SSSR count). The number of ether oxygens (including phenoxy) is 1. The fraction of sp³-hybridized carbons (Fsp3) is 0.600. The van der Waals surface area contributed by atoms with Gasteiger partial charge in [-0.25, -0.2) is 0 Å². The maximum Gasteiger partial charge on any atom is 0.0813 e. The van der Waals surface area contributed by atoms with Gasteiger partial charge in [0.05, 0.1) is 19.3 Å². The summed E-state index contributed by atoms with van der Waals surface area (Å²) >= 11 is 3.49. The minimum Gasteiger partial charge on any atom is -0.388 e. The van der Waals surface area contributed by atoms with E-state index in [1.165, 1.54) is 0 Å². The molecule has 1 fully saturated rings. The highest BCUT2D eigenvalue weighted by Gasteiger charge is 2.30. The zero-order chi connectivity index (χ0) is 13.9. The monoisotopic (exact) mass is 327 g/mol. The van der Waals surface area contributed by atoms with Crippen LogP contribution in [0.2, 0.25) is 0 Å². The largest absolute Gasteiger partial charge is 0.388 e. The molecule has 0 radical (unpaired) electrons. The predicted octanol–water partition coefficient (Wildman–Crippen LogP) is 2.98. The number of rotatable bonds is 4. The molecule has 0 bridgehead atoms. The summed E-state index contributed by atoms with van der Waals surface area (Å²) in [4.78, 5) is 2.40. The number of hydrogen-bond donors (Lipinski definition) is 1. The van der Waals surface area contributed by atoms with Crippen LogP contribution in [0.1, 0.15) is 31.9 Å². The van der Waals surface area contributed by atoms with Crippen LogP contribution in [0.3, 0.4) is 0 Å². The molecular weight excluding hydrogens is 306 g/mol. The number of nitrogens with zero attached hydrogens (tertiary/aromatic N) is 1. The Balaban J connectivity index is 1.93. The highest BCUT2D eigenvalue weighted by atomic mass is 79.9. The zero-order valence-electron chi connectivity index (χ0n) is 11.6. The Morgan fingerprint density at radius 2 is 2.16 bits per heavy atom. The highest BCUT2D eigenvalue weighted by Crippen LogP contribution is 2.27. The van der Waals surface area contributed by atoms with E-state index in [0.717, 1.165) is 42.8 Å². The molecule has 1 aromatic rings. The van der Waals surface area contributed by atoms with Gasteiger partial charge < -0.3 is 9.84 Å². The van der Waals surface area contributed by atoms with E-state index < -0.39 is 6.10 Å². The van der Waals surface area contributed by atoms with Crippen molar-refractivity contribution in [1.29, 1.82) is 0 Å². The Hall–Kier alpha value is -0.420. The molecular formula is C15H22BrNO2. The van der Waals surface area contributed by atoms with Crippen molar-refractivity contribution in [3.63, 3.8) is 0 Å². The van der Waals surface area contributed by atoms with Gasteiger partial charge in [0.25, 0.3) is 0 Å². The number of halogens is 1. The van der Waals surface area contributed by atoms with Crippen LogP contribution in [0.5, 0.6) is 0 Å². The van der Waals surface area contributed by atoms with E-state index in [-0.39, 0.29) is 5.54 Å². The molecule has 1 saturated heterocycles. The average Bonchev–Trinajstić information content (AvgIpc) is 2.37. The lowest BCUT2D eigenvalue weighted by atomic mass is 10.0. The smallest absolute Gasteiger partial charge is 0.0813 e. The van der Waals surface area contributed by atoms with Crippen molar-refractivity contribution in [2.75, 3.05) is 26.3 Å². The molecule has 1 aliphatic heterocycles. The summed E-state index contributed by atoms with van der Waals surface area (Å²) in [5, 5.41) is 10.3. The van der Waals surface area contributed by atoms with Gasteiger partial charge in [-0.05, 0) is 31.9 Å². The molecule has 0 amide bonds. The lowest BCUT2D eigenvalue weighted by molar-refractivity contribution is -0.0552. The molecule has 19 heavy (non-hydrogen) atoms. The molecule has 1 aliphatic rings. The quantitative estimate of drug-likeness (QED) is 0.922. The van der Waals surface area contributed by atoms with Crippen molar-refractivity contribution in [2.45, 2.75) is 31.9 Å². The molecule has 4 heteroatoms. The van der Waals surface area contributed by atoms with Gasteiger partial charge in [-0.2, -0.15) is 0 Å². The second-order valence-electron chi connectivity index (χ2n) is 5.68. The second kappa shape index (κ2) is 6.35. The molecule has 1 heterocycles. The summed E-state index contributed by atoms with van der Waals surface area (Å²) in [6.45, 7) is 7.76. The molecule has 1 aromatic carbocycles. The van der Waals surface area contributed by atoms with E-state index in [0.29, 0.717) is 0 Å². The van der Waals surface area contributed by atoms with Gasteiger partial charge in [0.1, 0.15) is 0 Å². The Morgan fingerprint density at radius 3 is 2.84 bits per heavy atom. The number of aliphatic hydroxyl groups excluding tert-OH is 1. The van der Waals surface area contributed by atoms with Gasteiger partial charge in [-0.1, -0.05) is 34.1 Å². The van der Waals surface area contributed by atoms with E-state index >= 15 is 0 Å². The minimum atomic E-state index is -0.422. The first kappa shape index (κ1) is 15.0. The normalized spacial score (nSPS) is 21.3. The van der Waals surface area contributed by atoms with Crippen LogP contribution in [-0.4, -0.2) is 41.8 Å². The van der Waals surface area contributed by atoms with E-state index in [1.54, 1.807) is 0 Å². The molecule has 0 aliphatic carbocycles. The second-order valence-corrected chi connectivity index (χ2v) is 6.53. The SMILES string of the molecule is CC1(C)COCCN1CCC(O)c1ccccc1Br. The average molecular weight is 328 g/mol. The number of morpholine rings is 1. The highest BCUT2D eigenvalue weighted by molar-refractivity contribution is 9.10. The van der Waals surface area contributed by atoms with Gasteiger partial charge in [0, 0.05) is 23.1 Å². The summed E-state index contributed by atoms with van der Waals surface area (Å²) in [6, 6.07) is 7.86. The Bertz CT molecular complexity index is 422. The number of aliphatic hydroxyl groups is 1. The van der Waals surface area contributed by atoms with Crippen molar-refractivity contribution in [1.82, 2.24) is 4.90 Å². The predicted molar refractivity (Wildman–Crippen MR) is 80.2 cm³/mol. The first-order valence-corrected chi connectivity index (χ1v) is 7.55. The molecule has 106 valence electrons. The molecule has 0 aromatic heterocycles. The third-order valence-electron chi connectivity index (χ3n) is 3.75. The summed E-state index contributed by atoms with van der Waals surface area (Å²) < 4.78 is 6.49. The van der Waals surface area contributed by atoms with Crippen LogP contribution in [0.4, 0.5) is 0 Å². The van der Waals surface area contributed by atoms with Crippen molar-refractivity contribution >= 4 is 15.9 Å². The molecule has 1 atom stereocenters. The standard InChI is InChI=1S/C15H22BrNO2/c1-15(2)11-19-10-9-17(15)8-7-14(18)12-5-3-4-6-13(12)16/h3-6,14,18H,7-11H2,1-2H3. The maximum atomic E-state index is 10.3. The first-order valence-electron chi connectivity index (χ1n) is 6.76. The fourth-order valence-electron chi connectivity index (χ4n) is 2.48. The third kappa shape index (κ3) is 3.78. The minimum absolute atomic E-state index is 0.0614. The summed E-state index contributed by atoms with van der Waals surface area (Å²) in [6.07, 6.45) is 0.320. The first-order chi connectivity index (χ1) is 9.00. The number of benzene rings is 1. The molecule has 1 unspecified atom stereocenters. The molecule has 0 saturated carbocycles. The van der Waals surface area contributed by atoms with Crippen molar-refractivity contribution in [3.05, 3.63) is 34.3 Å². The van der Waals surface area contributed by atoms with E-state index in [2.05, 4.69) is 34.7 Å². The van der Waals surface area contributed by atoms with Gasteiger partial charge in [-0.3, -0.25) is 4.90 Å². The van der Waals surface area contributed by atoms with Crippen molar-refractivity contribution in [2.24, 2.45) is 0 Å².